The molecule has 0 atom stereocenters. The highest BCUT2D eigenvalue weighted by Gasteiger charge is 2.06. The molecule has 0 N–H and O–H groups in total. The van der Waals surface area contributed by atoms with Crippen LogP contribution in [0.2, 0.25) is 5.02 Å². The molecule has 0 spiro atoms. The number of hydrogen-bond acceptors (Lipinski definition) is 4. The predicted octanol–water partition coefficient (Wildman–Crippen LogP) is 5.31. The summed E-state index contributed by atoms with van der Waals surface area (Å²) in [5.74, 6) is 1.13. The normalized spacial score (nSPS) is 11.0. The van der Waals surface area contributed by atoms with Crippen molar-refractivity contribution >= 4 is 33.7 Å². The summed E-state index contributed by atoms with van der Waals surface area (Å²) in [5.41, 5.74) is 1.86. The molecule has 1 heterocycles. The fraction of sp³-hybridized carbons (Fsp3) is 0.0588. The molecule has 0 radical (unpaired) electrons. The maximum Gasteiger partial charge on any atom is 0.235 e. The SMILES string of the molecule is Clc1ccc(-c2cnc(CO/N=C\c3ccc(Br)cc3)o2)cc1. The van der Waals surface area contributed by atoms with Crippen LogP contribution in [0.1, 0.15) is 11.5 Å². The quantitative estimate of drug-likeness (QED) is 0.437. The van der Waals surface area contributed by atoms with Gasteiger partial charge in [-0.25, -0.2) is 4.98 Å². The van der Waals surface area contributed by atoms with Gasteiger partial charge in [0.25, 0.3) is 0 Å². The summed E-state index contributed by atoms with van der Waals surface area (Å²) in [6, 6.07) is 15.1. The van der Waals surface area contributed by atoms with E-state index in [0.717, 1.165) is 15.6 Å². The second kappa shape index (κ2) is 7.44. The smallest absolute Gasteiger partial charge is 0.235 e. The zero-order valence-electron chi connectivity index (χ0n) is 11.9. The lowest BCUT2D eigenvalue weighted by atomic mass is 10.2. The minimum atomic E-state index is 0.167. The summed E-state index contributed by atoms with van der Waals surface area (Å²) in [6.45, 7) is 0.167. The lowest BCUT2D eigenvalue weighted by molar-refractivity contribution is 0.113. The maximum absolute atomic E-state index is 5.86. The molecule has 0 saturated carbocycles. The van der Waals surface area contributed by atoms with E-state index < -0.39 is 0 Å². The van der Waals surface area contributed by atoms with Gasteiger partial charge in [-0.2, -0.15) is 0 Å². The van der Waals surface area contributed by atoms with E-state index in [4.69, 9.17) is 20.9 Å². The van der Waals surface area contributed by atoms with Gasteiger partial charge in [0.2, 0.25) is 5.89 Å². The van der Waals surface area contributed by atoms with Crippen LogP contribution in [0.5, 0.6) is 0 Å². The Morgan fingerprint density at radius 1 is 1.13 bits per heavy atom. The molecule has 0 aliphatic rings. The Kier molecular flexibility index (Phi) is 5.10. The van der Waals surface area contributed by atoms with Crippen LogP contribution in [-0.4, -0.2) is 11.2 Å². The lowest BCUT2D eigenvalue weighted by Crippen LogP contribution is -1.88. The van der Waals surface area contributed by atoms with Crippen LogP contribution >= 0.6 is 27.5 Å². The molecule has 3 aromatic rings. The highest BCUT2D eigenvalue weighted by atomic mass is 79.9. The number of benzene rings is 2. The second-order valence-corrected chi connectivity index (χ2v) is 6.04. The van der Waals surface area contributed by atoms with Gasteiger partial charge in [-0.1, -0.05) is 44.8 Å². The molecule has 0 aliphatic heterocycles. The van der Waals surface area contributed by atoms with E-state index >= 15 is 0 Å². The summed E-state index contributed by atoms with van der Waals surface area (Å²) < 4.78 is 6.64. The molecule has 0 bridgehead atoms. The third kappa shape index (κ3) is 4.43. The van der Waals surface area contributed by atoms with Crippen molar-refractivity contribution in [1.82, 2.24) is 4.98 Å². The summed E-state index contributed by atoms with van der Waals surface area (Å²) >= 11 is 9.24. The van der Waals surface area contributed by atoms with Crippen molar-refractivity contribution in [3.8, 4) is 11.3 Å². The lowest BCUT2D eigenvalue weighted by Gasteiger charge is -1.97. The van der Waals surface area contributed by atoms with Gasteiger partial charge in [-0.05, 0) is 42.0 Å². The van der Waals surface area contributed by atoms with Crippen molar-refractivity contribution in [2.24, 2.45) is 5.16 Å². The van der Waals surface area contributed by atoms with E-state index in [2.05, 4.69) is 26.1 Å². The third-order valence-corrected chi connectivity index (χ3v) is 3.80. The van der Waals surface area contributed by atoms with Crippen LogP contribution in [0.4, 0.5) is 0 Å². The van der Waals surface area contributed by atoms with Gasteiger partial charge in [-0.3, -0.25) is 0 Å². The van der Waals surface area contributed by atoms with Crippen LogP contribution in [0.15, 0.2) is 68.8 Å². The van der Waals surface area contributed by atoms with Gasteiger partial charge in [-0.15, -0.1) is 0 Å². The first-order chi connectivity index (χ1) is 11.2. The first-order valence-electron chi connectivity index (χ1n) is 6.82. The number of oxazole rings is 1. The predicted molar refractivity (Wildman–Crippen MR) is 93.5 cm³/mol. The molecule has 23 heavy (non-hydrogen) atoms. The average Bonchev–Trinajstić information content (AvgIpc) is 3.03. The minimum Gasteiger partial charge on any atom is -0.437 e. The highest BCUT2D eigenvalue weighted by Crippen LogP contribution is 2.22. The molecule has 0 fully saturated rings. The summed E-state index contributed by atoms with van der Waals surface area (Å²) in [7, 11) is 0. The minimum absolute atomic E-state index is 0.167. The average molecular weight is 392 g/mol. The van der Waals surface area contributed by atoms with Crippen molar-refractivity contribution in [2.75, 3.05) is 0 Å². The zero-order valence-corrected chi connectivity index (χ0v) is 14.3. The van der Waals surface area contributed by atoms with Gasteiger partial charge < -0.3 is 9.25 Å². The van der Waals surface area contributed by atoms with Crippen LogP contribution in [0.3, 0.4) is 0 Å². The largest absolute Gasteiger partial charge is 0.437 e. The first kappa shape index (κ1) is 15.8. The van der Waals surface area contributed by atoms with Crippen LogP contribution in [0, 0.1) is 0 Å². The van der Waals surface area contributed by atoms with Gasteiger partial charge in [0.1, 0.15) is 0 Å². The molecule has 0 saturated heterocycles. The molecule has 0 amide bonds. The van der Waals surface area contributed by atoms with E-state index in [9.17, 15) is 0 Å². The number of rotatable bonds is 5. The maximum atomic E-state index is 5.86. The number of hydrogen-bond donors (Lipinski definition) is 0. The van der Waals surface area contributed by atoms with Crippen LogP contribution < -0.4 is 0 Å². The fourth-order valence-electron chi connectivity index (χ4n) is 1.86. The topological polar surface area (TPSA) is 47.6 Å². The van der Waals surface area contributed by atoms with Crippen molar-refractivity contribution in [2.45, 2.75) is 6.61 Å². The first-order valence-corrected chi connectivity index (χ1v) is 7.99. The Hall–Kier alpha value is -2.11. The Morgan fingerprint density at radius 3 is 2.61 bits per heavy atom. The Bertz CT molecular complexity index is 798. The van der Waals surface area contributed by atoms with E-state index in [1.165, 1.54) is 0 Å². The fourth-order valence-corrected chi connectivity index (χ4v) is 2.25. The van der Waals surface area contributed by atoms with Crippen molar-refractivity contribution in [3.05, 3.63) is 75.7 Å². The summed E-state index contributed by atoms with van der Waals surface area (Å²) in [6.07, 6.45) is 3.29. The molecule has 2 aromatic carbocycles. The molecule has 3 rings (SSSR count). The van der Waals surface area contributed by atoms with Crippen molar-refractivity contribution < 1.29 is 9.25 Å². The van der Waals surface area contributed by atoms with Crippen molar-refractivity contribution in [3.63, 3.8) is 0 Å². The Labute approximate surface area is 146 Å². The standard InChI is InChI=1S/C17H12BrClN2O2/c18-14-5-1-12(2-6-14)9-21-22-11-17-20-10-16(23-17)13-3-7-15(19)8-4-13/h1-10H,11H2/b21-9-. The molecule has 0 unspecified atom stereocenters. The number of aromatic nitrogens is 1. The van der Waals surface area contributed by atoms with Crippen LogP contribution in [0.25, 0.3) is 11.3 Å². The number of nitrogens with zero attached hydrogens (tertiary/aromatic N) is 2. The third-order valence-electron chi connectivity index (χ3n) is 3.02. The van der Waals surface area contributed by atoms with Gasteiger partial charge in [0.05, 0.1) is 12.4 Å². The molecule has 6 heteroatoms. The zero-order chi connectivity index (χ0) is 16.1. The molecular formula is C17H12BrClN2O2. The van der Waals surface area contributed by atoms with Gasteiger partial charge in [0.15, 0.2) is 12.4 Å². The summed E-state index contributed by atoms with van der Waals surface area (Å²) in [4.78, 5) is 9.37. The molecule has 116 valence electrons. The number of oxime groups is 1. The molecule has 1 aromatic heterocycles. The molecule has 0 aliphatic carbocycles. The Balaban J connectivity index is 1.57. The summed E-state index contributed by atoms with van der Waals surface area (Å²) in [5, 5.41) is 4.58. The number of halogens is 2. The highest BCUT2D eigenvalue weighted by molar-refractivity contribution is 9.10. The van der Waals surface area contributed by atoms with E-state index in [0.29, 0.717) is 16.7 Å². The van der Waals surface area contributed by atoms with Crippen molar-refractivity contribution in [1.29, 1.82) is 0 Å². The molecular weight excluding hydrogens is 380 g/mol. The Morgan fingerprint density at radius 2 is 1.87 bits per heavy atom. The van der Waals surface area contributed by atoms with E-state index in [1.807, 2.05) is 36.4 Å². The van der Waals surface area contributed by atoms with Crippen LogP contribution in [-0.2, 0) is 11.4 Å². The molecule has 4 nitrogen and oxygen atoms in total. The van der Waals surface area contributed by atoms with Gasteiger partial charge in [0, 0.05) is 15.1 Å². The van der Waals surface area contributed by atoms with E-state index in [1.54, 1.807) is 24.5 Å². The monoisotopic (exact) mass is 390 g/mol. The van der Waals surface area contributed by atoms with E-state index in [-0.39, 0.29) is 6.61 Å². The van der Waals surface area contributed by atoms with Gasteiger partial charge >= 0.3 is 0 Å². The second-order valence-electron chi connectivity index (χ2n) is 4.68.